The molecular weight excluding hydrogens is 298 g/mol. The highest BCUT2D eigenvalue weighted by Crippen LogP contribution is 2.31. The summed E-state index contributed by atoms with van der Waals surface area (Å²) in [7, 11) is 0. The number of nitrogens with one attached hydrogen (secondary N) is 1. The minimum atomic E-state index is 0.627. The summed E-state index contributed by atoms with van der Waals surface area (Å²) in [6, 6.07) is 11.4. The second-order valence-corrected chi connectivity index (χ2v) is 7.13. The molecule has 0 amide bonds. The van der Waals surface area contributed by atoms with Crippen molar-refractivity contribution in [3.05, 3.63) is 53.3 Å². The molecule has 1 N–H and O–H groups in total. The molecular formula is C20H27N3O. The molecule has 0 aliphatic carbocycles. The third-order valence-corrected chi connectivity index (χ3v) is 5.63. The monoisotopic (exact) mass is 325 g/mol. The lowest BCUT2D eigenvalue weighted by atomic mass is 9.88. The Morgan fingerprint density at radius 2 is 1.79 bits per heavy atom. The average Bonchev–Trinajstić information content (AvgIpc) is 3.11. The largest absolute Gasteiger partial charge is 0.381 e. The van der Waals surface area contributed by atoms with Crippen LogP contribution in [0.5, 0.6) is 0 Å². The molecule has 0 bridgehead atoms. The summed E-state index contributed by atoms with van der Waals surface area (Å²) in [5, 5.41) is 7.65. The number of ether oxygens (including phenoxy) is 1. The number of H-pyrrole nitrogens is 1. The van der Waals surface area contributed by atoms with Crippen LogP contribution in [-0.4, -0.2) is 47.4 Å². The van der Waals surface area contributed by atoms with E-state index in [4.69, 9.17) is 4.74 Å². The maximum Gasteiger partial charge on any atom is 0.0525 e. The summed E-state index contributed by atoms with van der Waals surface area (Å²) in [4.78, 5) is 2.69. The van der Waals surface area contributed by atoms with Crippen LogP contribution >= 0.6 is 0 Å². The molecule has 0 radical (unpaired) electrons. The average molecular weight is 325 g/mol. The summed E-state index contributed by atoms with van der Waals surface area (Å²) < 4.78 is 5.50. The zero-order valence-electron chi connectivity index (χ0n) is 14.3. The highest BCUT2D eigenvalue weighted by molar-refractivity contribution is 5.29. The maximum atomic E-state index is 5.50. The number of aromatic amines is 1. The SMILES string of the molecule is c1ccc(Cc2cn[nH]c2C2CCN(C3CCOCC3)CC2)cc1. The summed E-state index contributed by atoms with van der Waals surface area (Å²) in [6.45, 7) is 4.29. The second-order valence-electron chi connectivity index (χ2n) is 7.13. The van der Waals surface area contributed by atoms with Crippen molar-refractivity contribution in [2.24, 2.45) is 0 Å². The fourth-order valence-corrected chi connectivity index (χ4v) is 4.23. The molecule has 0 unspecified atom stereocenters. The fourth-order valence-electron chi connectivity index (χ4n) is 4.23. The molecule has 0 atom stereocenters. The zero-order valence-corrected chi connectivity index (χ0v) is 14.3. The lowest BCUT2D eigenvalue weighted by molar-refractivity contribution is 0.0250. The van der Waals surface area contributed by atoms with Crippen molar-refractivity contribution in [3.8, 4) is 0 Å². The van der Waals surface area contributed by atoms with Crippen LogP contribution in [0.2, 0.25) is 0 Å². The molecule has 3 heterocycles. The number of rotatable bonds is 4. The number of piperidine rings is 1. The van der Waals surface area contributed by atoms with E-state index in [9.17, 15) is 0 Å². The molecule has 128 valence electrons. The summed E-state index contributed by atoms with van der Waals surface area (Å²) in [5.74, 6) is 0.627. The van der Waals surface area contributed by atoms with Gasteiger partial charge in [0, 0.05) is 37.3 Å². The fraction of sp³-hybridized carbons (Fsp3) is 0.550. The third kappa shape index (κ3) is 3.55. The van der Waals surface area contributed by atoms with Crippen LogP contribution in [0.1, 0.15) is 48.4 Å². The van der Waals surface area contributed by atoms with Crippen LogP contribution < -0.4 is 0 Å². The van der Waals surface area contributed by atoms with Crippen LogP contribution in [0.4, 0.5) is 0 Å². The quantitative estimate of drug-likeness (QED) is 0.937. The van der Waals surface area contributed by atoms with E-state index in [1.807, 2.05) is 6.20 Å². The van der Waals surface area contributed by atoms with Gasteiger partial charge in [0.15, 0.2) is 0 Å². The number of benzene rings is 1. The maximum absolute atomic E-state index is 5.50. The van der Waals surface area contributed by atoms with Crippen LogP contribution in [0, 0.1) is 0 Å². The number of nitrogens with zero attached hydrogens (tertiary/aromatic N) is 2. The first-order chi connectivity index (χ1) is 11.9. The first kappa shape index (κ1) is 15.9. The smallest absolute Gasteiger partial charge is 0.0525 e. The molecule has 0 spiro atoms. The van der Waals surface area contributed by atoms with Gasteiger partial charge in [0.1, 0.15) is 0 Å². The highest BCUT2D eigenvalue weighted by atomic mass is 16.5. The Bertz CT molecular complexity index is 625. The van der Waals surface area contributed by atoms with Gasteiger partial charge < -0.3 is 9.64 Å². The van der Waals surface area contributed by atoms with Crippen molar-refractivity contribution in [1.29, 1.82) is 0 Å². The number of hydrogen-bond donors (Lipinski definition) is 1. The Kier molecular flexibility index (Phi) is 4.95. The molecule has 2 aliphatic rings. The van der Waals surface area contributed by atoms with Gasteiger partial charge in [0.05, 0.1) is 6.20 Å². The van der Waals surface area contributed by atoms with Crippen LogP contribution in [0.3, 0.4) is 0 Å². The molecule has 4 heteroatoms. The van der Waals surface area contributed by atoms with Gasteiger partial charge in [0.25, 0.3) is 0 Å². The summed E-state index contributed by atoms with van der Waals surface area (Å²) in [6.07, 6.45) is 7.88. The Morgan fingerprint density at radius 1 is 1.04 bits per heavy atom. The van der Waals surface area contributed by atoms with Gasteiger partial charge in [-0.3, -0.25) is 5.10 Å². The van der Waals surface area contributed by atoms with Gasteiger partial charge in [0.2, 0.25) is 0 Å². The third-order valence-electron chi connectivity index (χ3n) is 5.63. The van der Waals surface area contributed by atoms with E-state index < -0.39 is 0 Å². The van der Waals surface area contributed by atoms with E-state index in [-0.39, 0.29) is 0 Å². The van der Waals surface area contributed by atoms with Gasteiger partial charge in [-0.1, -0.05) is 30.3 Å². The molecule has 2 aromatic rings. The molecule has 2 aliphatic heterocycles. The van der Waals surface area contributed by atoms with Gasteiger partial charge in [-0.15, -0.1) is 0 Å². The predicted octanol–water partition coefficient (Wildman–Crippen LogP) is 3.36. The van der Waals surface area contributed by atoms with Gasteiger partial charge in [-0.2, -0.15) is 5.10 Å². The summed E-state index contributed by atoms with van der Waals surface area (Å²) in [5.41, 5.74) is 4.09. The normalized spacial score (nSPS) is 21.2. The van der Waals surface area contributed by atoms with Gasteiger partial charge in [-0.25, -0.2) is 0 Å². The first-order valence-corrected chi connectivity index (χ1v) is 9.28. The summed E-state index contributed by atoms with van der Waals surface area (Å²) >= 11 is 0. The Morgan fingerprint density at radius 3 is 2.54 bits per heavy atom. The van der Waals surface area contributed by atoms with Gasteiger partial charge >= 0.3 is 0 Å². The van der Waals surface area contributed by atoms with E-state index >= 15 is 0 Å². The molecule has 0 saturated carbocycles. The molecule has 2 fully saturated rings. The van der Waals surface area contributed by atoms with Crippen molar-refractivity contribution < 1.29 is 4.74 Å². The Labute approximate surface area is 144 Å². The first-order valence-electron chi connectivity index (χ1n) is 9.28. The molecule has 4 rings (SSSR count). The van der Waals surface area contributed by atoms with Crippen molar-refractivity contribution in [3.63, 3.8) is 0 Å². The Balaban J connectivity index is 1.38. The Hall–Kier alpha value is -1.65. The molecule has 1 aromatic carbocycles. The number of likely N-dealkylation sites (tertiary alicyclic amines) is 1. The van der Waals surface area contributed by atoms with Crippen LogP contribution in [0.25, 0.3) is 0 Å². The highest BCUT2D eigenvalue weighted by Gasteiger charge is 2.28. The van der Waals surface area contributed by atoms with Gasteiger partial charge in [-0.05, 0) is 49.9 Å². The lowest BCUT2D eigenvalue weighted by Crippen LogP contribution is -2.43. The molecule has 4 nitrogen and oxygen atoms in total. The number of hydrogen-bond acceptors (Lipinski definition) is 3. The van der Waals surface area contributed by atoms with Crippen molar-refractivity contribution in [2.75, 3.05) is 26.3 Å². The molecule has 24 heavy (non-hydrogen) atoms. The minimum absolute atomic E-state index is 0.627. The zero-order chi connectivity index (χ0) is 16.2. The number of aromatic nitrogens is 2. The van der Waals surface area contributed by atoms with E-state index in [1.54, 1.807) is 0 Å². The van der Waals surface area contributed by atoms with Crippen LogP contribution in [0.15, 0.2) is 36.5 Å². The lowest BCUT2D eigenvalue weighted by Gasteiger charge is -2.39. The van der Waals surface area contributed by atoms with E-state index in [1.165, 1.54) is 55.6 Å². The topological polar surface area (TPSA) is 41.2 Å². The van der Waals surface area contributed by atoms with Crippen molar-refractivity contribution in [1.82, 2.24) is 15.1 Å². The molecule has 1 aromatic heterocycles. The second kappa shape index (κ2) is 7.49. The van der Waals surface area contributed by atoms with E-state index in [2.05, 4.69) is 45.4 Å². The van der Waals surface area contributed by atoms with Crippen LogP contribution in [-0.2, 0) is 11.2 Å². The minimum Gasteiger partial charge on any atom is -0.381 e. The van der Waals surface area contributed by atoms with E-state index in [0.717, 1.165) is 25.7 Å². The van der Waals surface area contributed by atoms with E-state index in [0.29, 0.717) is 5.92 Å². The standard InChI is InChI=1S/C20H27N3O/c1-2-4-16(5-3-1)14-18-15-21-22-20(18)17-6-10-23(11-7-17)19-8-12-24-13-9-19/h1-5,15,17,19H,6-14H2,(H,21,22). The molecule has 2 saturated heterocycles. The predicted molar refractivity (Wildman–Crippen MR) is 95.2 cm³/mol. The van der Waals surface area contributed by atoms with Crippen molar-refractivity contribution in [2.45, 2.75) is 44.1 Å². The van der Waals surface area contributed by atoms with Crippen molar-refractivity contribution >= 4 is 0 Å².